The lowest BCUT2D eigenvalue weighted by Crippen LogP contribution is -2.03. The normalized spacial score (nSPS) is 11.3. The number of carbonyl (C=O) groups excluding carboxylic acids is 1. The van der Waals surface area contributed by atoms with Crippen LogP contribution in [0.25, 0.3) is 24.3 Å². The van der Waals surface area contributed by atoms with Crippen LogP contribution >= 0.6 is 0 Å². The monoisotopic (exact) mass is 424 g/mol. The first kappa shape index (κ1) is 21.0. The van der Waals surface area contributed by atoms with E-state index in [2.05, 4.69) is 9.97 Å². The zero-order valence-corrected chi connectivity index (χ0v) is 17.0. The van der Waals surface area contributed by atoms with Gasteiger partial charge in [-0.05, 0) is 71.8 Å². The van der Waals surface area contributed by atoms with E-state index >= 15 is 0 Å². The molecule has 4 rings (SSSR count). The van der Waals surface area contributed by atoms with Gasteiger partial charge in [-0.3, -0.25) is 14.8 Å². The smallest absolute Gasteiger partial charge is 0.193 e. The van der Waals surface area contributed by atoms with E-state index in [0.29, 0.717) is 22.5 Å². The number of benzene rings is 2. The van der Waals surface area contributed by atoms with Gasteiger partial charge in [0.05, 0.1) is 11.4 Å². The molecule has 0 amide bonds. The Kier molecular flexibility index (Phi) is 6.37. The van der Waals surface area contributed by atoms with Crippen molar-refractivity contribution < 1.29 is 13.6 Å². The summed E-state index contributed by atoms with van der Waals surface area (Å²) in [4.78, 5) is 21.5. The van der Waals surface area contributed by atoms with Crippen LogP contribution in [-0.4, -0.2) is 15.8 Å². The largest absolute Gasteiger partial charge is 0.289 e. The molecule has 2 heterocycles. The zero-order valence-electron chi connectivity index (χ0n) is 17.0. The molecule has 2 aromatic carbocycles. The van der Waals surface area contributed by atoms with Gasteiger partial charge in [-0.1, -0.05) is 36.4 Å². The number of rotatable bonds is 6. The summed E-state index contributed by atoms with van der Waals surface area (Å²) in [6, 6.07) is 18.9. The van der Waals surface area contributed by atoms with E-state index in [9.17, 15) is 13.6 Å². The average Bonchev–Trinajstić information content (AvgIpc) is 2.83. The predicted molar refractivity (Wildman–Crippen MR) is 123 cm³/mol. The second-order valence-electron chi connectivity index (χ2n) is 7.04. The minimum Gasteiger partial charge on any atom is -0.289 e. The highest BCUT2D eigenvalue weighted by molar-refractivity contribution is 6.09. The fourth-order valence-electron chi connectivity index (χ4n) is 3.04. The van der Waals surface area contributed by atoms with Gasteiger partial charge in [-0.15, -0.1) is 0 Å². The highest BCUT2D eigenvalue weighted by Gasteiger charge is 2.10. The van der Waals surface area contributed by atoms with Crippen LogP contribution in [0.4, 0.5) is 8.78 Å². The molecule has 0 aliphatic carbocycles. The maximum Gasteiger partial charge on any atom is 0.193 e. The minimum absolute atomic E-state index is 0.150. The summed E-state index contributed by atoms with van der Waals surface area (Å²) in [5, 5.41) is 0. The van der Waals surface area contributed by atoms with Crippen LogP contribution in [-0.2, 0) is 0 Å². The second kappa shape index (κ2) is 9.71. The molecule has 0 bridgehead atoms. The first-order chi connectivity index (χ1) is 15.6. The van der Waals surface area contributed by atoms with Gasteiger partial charge in [-0.2, -0.15) is 0 Å². The third-order valence-electron chi connectivity index (χ3n) is 4.72. The summed E-state index contributed by atoms with van der Waals surface area (Å²) in [6.07, 6.45) is 10.3. The lowest BCUT2D eigenvalue weighted by molar-refractivity contribution is 0.103. The van der Waals surface area contributed by atoms with Crippen LogP contribution in [0, 0.1) is 11.6 Å². The van der Waals surface area contributed by atoms with Crippen molar-refractivity contribution in [1.82, 2.24) is 9.97 Å². The molecule has 5 heteroatoms. The van der Waals surface area contributed by atoms with E-state index in [-0.39, 0.29) is 17.4 Å². The van der Waals surface area contributed by atoms with E-state index in [1.807, 2.05) is 0 Å². The van der Waals surface area contributed by atoms with E-state index in [1.165, 1.54) is 24.3 Å². The Labute approximate surface area is 184 Å². The van der Waals surface area contributed by atoms with Gasteiger partial charge < -0.3 is 0 Å². The molecule has 0 atom stereocenters. The summed E-state index contributed by atoms with van der Waals surface area (Å²) in [6.45, 7) is 0. The van der Waals surface area contributed by atoms with Gasteiger partial charge in [0.15, 0.2) is 5.78 Å². The third-order valence-corrected chi connectivity index (χ3v) is 4.72. The Morgan fingerprint density at radius 1 is 0.594 bits per heavy atom. The number of halogens is 2. The van der Waals surface area contributed by atoms with Gasteiger partial charge >= 0.3 is 0 Å². The van der Waals surface area contributed by atoms with Crippen LogP contribution in [0.2, 0.25) is 0 Å². The van der Waals surface area contributed by atoms with E-state index in [1.54, 1.807) is 85.2 Å². The van der Waals surface area contributed by atoms with Gasteiger partial charge in [0.1, 0.15) is 11.6 Å². The summed E-state index contributed by atoms with van der Waals surface area (Å²) in [5.74, 6) is -0.739. The molecule has 0 N–H and O–H groups in total. The highest BCUT2D eigenvalue weighted by Crippen LogP contribution is 2.15. The van der Waals surface area contributed by atoms with Crippen LogP contribution < -0.4 is 0 Å². The number of aromatic nitrogens is 2. The van der Waals surface area contributed by atoms with E-state index < -0.39 is 0 Å². The molecule has 0 saturated heterocycles. The van der Waals surface area contributed by atoms with Gasteiger partial charge in [-0.25, -0.2) is 8.78 Å². The van der Waals surface area contributed by atoms with Gasteiger partial charge in [0, 0.05) is 23.5 Å². The molecule has 0 radical (unpaired) electrons. The molecule has 0 fully saturated rings. The summed E-state index contributed by atoms with van der Waals surface area (Å²) in [7, 11) is 0. The second-order valence-corrected chi connectivity index (χ2v) is 7.04. The summed E-state index contributed by atoms with van der Waals surface area (Å²) >= 11 is 0. The Morgan fingerprint density at radius 3 is 1.41 bits per heavy atom. The molecule has 0 unspecified atom stereocenters. The van der Waals surface area contributed by atoms with Crippen LogP contribution in [0.1, 0.15) is 38.4 Å². The topological polar surface area (TPSA) is 42.9 Å². The van der Waals surface area contributed by atoms with Crippen LogP contribution in [0.15, 0.2) is 85.2 Å². The first-order valence-electron chi connectivity index (χ1n) is 9.91. The SMILES string of the molecule is O=C(c1ccnc(C=Cc2ccc(F)cc2)c1)c1ccnc(C=Cc2ccc(F)cc2)c1. The number of ketones is 1. The average molecular weight is 424 g/mol. The minimum atomic E-state index is -0.294. The molecule has 3 nitrogen and oxygen atoms in total. The van der Waals surface area contributed by atoms with Crippen molar-refractivity contribution in [1.29, 1.82) is 0 Å². The molecule has 2 aromatic heterocycles. The molecule has 4 aromatic rings. The lowest BCUT2D eigenvalue weighted by atomic mass is 10.0. The fraction of sp³-hybridized carbons (Fsp3) is 0. The maximum atomic E-state index is 13.0. The Balaban J connectivity index is 1.51. The van der Waals surface area contributed by atoms with Crippen LogP contribution in [0.5, 0.6) is 0 Å². The highest BCUT2D eigenvalue weighted by atomic mass is 19.1. The van der Waals surface area contributed by atoms with Crippen molar-refractivity contribution in [3.8, 4) is 0 Å². The first-order valence-corrected chi connectivity index (χ1v) is 9.91. The lowest BCUT2D eigenvalue weighted by Gasteiger charge is -2.03. The third kappa shape index (κ3) is 5.46. The molecule has 0 aliphatic heterocycles. The number of nitrogens with zero attached hydrogens (tertiary/aromatic N) is 2. The molecular weight excluding hydrogens is 406 g/mol. The van der Waals surface area contributed by atoms with Crippen molar-refractivity contribution in [3.05, 3.63) is 130 Å². The molecular formula is C27H18F2N2O. The Bertz CT molecular complexity index is 1190. The summed E-state index contributed by atoms with van der Waals surface area (Å²) < 4.78 is 26.1. The predicted octanol–water partition coefficient (Wildman–Crippen LogP) is 6.33. The standard InChI is InChI=1S/C27H18F2N2O/c28-23-7-1-19(2-8-23)5-11-25-17-21(13-15-30-25)27(32)22-14-16-31-26(18-22)12-6-20-3-9-24(29)10-4-20/h1-18H. The Hall–Kier alpha value is -4.25. The maximum absolute atomic E-state index is 13.0. The quantitative estimate of drug-likeness (QED) is 0.340. The van der Waals surface area contributed by atoms with E-state index in [0.717, 1.165) is 11.1 Å². The number of pyridine rings is 2. The van der Waals surface area contributed by atoms with Crippen molar-refractivity contribution in [2.75, 3.05) is 0 Å². The molecule has 0 saturated carbocycles. The molecule has 32 heavy (non-hydrogen) atoms. The fourth-order valence-corrected chi connectivity index (χ4v) is 3.04. The molecule has 156 valence electrons. The molecule has 0 spiro atoms. The van der Waals surface area contributed by atoms with Crippen molar-refractivity contribution in [2.24, 2.45) is 0 Å². The van der Waals surface area contributed by atoms with E-state index in [4.69, 9.17) is 0 Å². The van der Waals surface area contributed by atoms with Crippen LogP contribution in [0.3, 0.4) is 0 Å². The number of carbonyl (C=O) groups is 1. The van der Waals surface area contributed by atoms with Crippen molar-refractivity contribution in [2.45, 2.75) is 0 Å². The number of hydrogen-bond donors (Lipinski definition) is 0. The van der Waals surface area contributed by atoms with Gasteiger partial charge in [0.2, 0.25) is 0 Å². The van der Waals surface area contributed by atoms with Crippen molar-refractivity contribution in [3.63, 3.8) is 0 Å². The summed E-state index contributed by atoms with van der Waals surface area (Å²) in [5.41, 5.74) is 3.89. The Morgan fingerprint density at radius 2 is 1.00 bits per heavy atom. The number of hydrogen-bond acceptors (Lipinski definition) is 3. The van der Waals surface area contributed by atoms with Gasteiger partial charge in [0.25, 0.3) is 0 Å². The zero-order chi connectivity index (χ0) is 22.3. The van der Waals surface area contributed by atoms with Crippen molar-refractivity contribution >= 4 is 30.1 Å². The molecule has 0 aliphatic rings.